The highest BCUT2D eigenvalue weighted by Crippen LogP contribution is 2.15. The number of halogens is 3. The maximum absolute atomic E-state index is 3.98. The van der Waals surface area contributed by atoms with Gasteiger partial charge in [-0.05, 0) is 36.4 Å². The molecule has 0 bridgehead atoms. The van der Waals surface area contributed by atoms with Crippen LogP contribution in [0.3, 0.4) is 0 Å². The molecule has 0 saturated carbocycles. The van der Waals surface area contributed by atoms with Crippen molar-refractivity contribution in [2.45, 2.75) is 0 Å². The first-order chi connectivity index (χ1) is 12.1. The van der Waals surface area contributed by atoms with E-state index in [0.29, 0.717) is 0 Å². The van der Waals surface area contributed by atoms with Gasteiger partial charge in [-0.15, -0.1) is 0 Å². The smallest absolute Gasteiger partial charge is 0.0991 e. The summed E-state index contributed by atoms with van der Waals surface area (Å²) in [5, 5.41) is 0. The fourth-order valence-electron chi connectivity index (χ4n) is 1.72. The van der Waals surface area contributed by atoms with Gasteiger partial charge in [0.25, 0.3) is 0 Å². The quantitative estimate of drug-likeness (QED) is 0.318. The second-order valence-corrected chi connectivity index (χ2v) is 7.40. The maximum Gasteiger partial charge on any atom is 0.0991 e. The van der Waals surface area contributed by atoms with Crippen molar-refractivity contribution in [3.63, 3.8) is 0 Å². The molecule has 0 saturated heterocycles. The minimum absolute atomic E-state index is 1.08. The predicted molar refractivity (Wildman–Crippen MR) is 112 cm³/mol. The first kappa shape index (κ1) is 19.6. The van der Waals surface area contributed by atoms with Crippen LogP contribution in [0.4, 0.5) is 0 Å². The second kappa shape index (κ2) is 11.0. The van der Waals surface area contributed by atoms with E-state index in [9.17, 15) is 0 Å². The third kappa shape index (κ3) is 7.81. The minimum atomic E-state index is 1.08. The highest BCUT2D eigenvalue weighted by molar-refractivity contribution is 9.11. The van der Waals surface area contributed by atoms with E-state index in [1.54, 1.807) is 31.2 Å². The molecule has 2 aromatic heterocycles. The number of H-pyrrole nitrogens is 1. The Labute approximate surface area is 171 Å². The number of hydrogen-bond acceptors (Lipinski definition) is 2. The SMILES string of the molecule is Brc1cccc(-n2ccnc2)c1.Brc1cccc(Br)c1.c1c[nH]cn1. The Balaban J connectivity index is 0.000000149. The van der Waals surface area contributed by atoms with Crippen molar-refractivity contribution in [1.82, 2.24) is 19.5 Å². The van der Waals surface area contributed by atoms with Gasteiger partial charge in [-0.2, -0.15) is 0 Å². The van der Waals surface area contributed by atoms with Gasteiger partial charge in [0.1, 0.15) is 0 Å². The molecule has 0 aliphatic heterocycles. The molecule has 0 atom stereocenters. The standard InChI is InChI=1S/C9H7BrN2.C6H4Br2.C3H4N2/c10-8-2-1-3-9(6-8)12-5-4-11-7-12;7-5-2-1-3-6(8)4-5;1-2-5-3-4-1/h1-7H;1-4H;1-3H,(H,4,5). The van der Waals surface area contributed by atoms with Gasteiger partial charge in [0.15, 0.2) is 0 Å². The molecule has 2 heterocycles. The molecule has 0 amide bonds. The number of hydrogen-bond donors (Lipinski definition) is 1. The van der Waals surface area contributed by atoms with E-state index in [0.717, 1.165) is 19.1 Å². The Hall–Kier alpha value is -1.70. The van der Waals surface area contributed by atoms with E-state index >= 15 is 0 Å². The summed E-state index contributed by atoms with van der Waals surface area (Å²) in [6.07, 6.45) is 10.5. The predicted octanol–water partition coefficient (Wildman–Crippen LogP) is 6.26. The summed E-state index contributed by atoms with van der Waals surface area (Å²) in [5.41, 5.74) is 1.11. The molecule has 7 heteroatoms. The summed E-state index contributed by atoms with van der Waals surface area (Å²) in [4.78, 5) is 10.4. The number of benzene rings is 2. The maximum atomic E-state index is 3.98. The van der Waals surface area contributed by atoms with Crippen molar-refractivity contribution >= 4 is 47.8 Å². The molecule has 1 N–H and O–H groups in total. The summed E-state index contributed by atoms with van der Waals surface area (Å²) >= 11 is 10.1. The molecular formula is C18H15Br3N4. The van der Waals surface area contributed by atoms with Gasteiger partial charge in [0.2, 0.25) is 0 Å². The largest absolute Gasteiger partial charge is 0.351 e. The van der Waals surface area contributed by atoms with E-state index in [4.69, 9.17) is 0 Å². The van der Waals surface area contributed by atoms with Gasteiger partial charge in [0, 0.05) is 43.9 Å². The molecule has 128 valence electrons. The lowest BCUT2D eigenvalue weighted by Gasteiger charge is -2.00. The summed E-state index contributed by atoms with van der Waals surface area (Å²) in [6, 6.07) is 16.0. The highest BCUT2D eigenvalue weighted by atomic mass is 79.9. The monoisotopic (exact) mass is 524 g/mol. The van der Waals surface area contributed by atoms with E-state index < -0.39 is 0 Å². The van der Waals surface area contributed by atoms with Crippen molar-refractivity contribution in [3.05, 3.63) is 99.4 Å². The van der Waals surface area contributed by atoms with Crippen LogP contribution in [0, 0.1) is 0 Å². The van der Waals surface area contributed by atoms with Gasteiger partial charge in [-0.3, -0.25) is 0 Å². The van der Waals surface area contributed by atoms with Gasteiger partial charge < -0.3 is 9.55 Å². The molecule has 4 rings (SSSR count). The summed E-state index contributed by atoms with van der Waals surface area (Å²) in [5.74, 6) is 0. The lowest BCUT2D eigenvalue weighted by Crippen LogP contribution is -1.88. The van der Waals surface area contributed by atoms with E-state index in [-0.39, 0.29) is 0 Å². The van der Waals surface area contributed by atoms with E-state index in [2.05, 4.69) is 62.7 Å². The molecule has 2 aromatic carbocycles. The third-order valence-corrected chi connectivity index (χ3v) is 4.28. The molecule has 25 heavy (non-hydrogen) atoms. The fraction of sp³-hybridized carbons (Fsp3) is 0. The number of rotatable bonds is 1. The lowest BCUT2D eigenvalue weighted by atomic mass is 10.3. The van der Waals surface area contributed by atoms with Crippen molar-refractivity contribution in [2.75, 3.05) is 0 Å². The Morgan fingerprint density at radius 1 is 0.800 bits per heavy atom. The summed E-state index contributed by atoms with van der Waals surface area (Å²) in [6.45, 7) is 0. The Bertz CT molecular complexity index is 812. The zero-order valence-corrected chi connectivity index (χ0v) is 17.8. The molecule has 4 aromatic rings. The van der Waals surface area contributed by atoms with E-state index in [1.807, 2.05) is 59.3 Å². The van der Waals surface area contributed by atoms with Crippen LogP contribution in [0.2, 0.25) is 0 Å². The Kier molecular flexibility index (Phi) is 8.65. The third-order valence-electron chi connectivity index (χ3n) is 2.80. The second-order valence-electron chi connectivity index (χ2n) is 4.65. The topological polar surface area (TPSA) is 46.5 Å². The van der Waals surface area contributed by atoms with Crippen LogP contribution in [0.25, 0.3) is 5.69 Å². The zero-order valence-electron chi connectivity index (χ0n) is 13.1. The van der Waals surface area contributed by atoms with Gasteiger partial charge in [0.05, 0.1) is 12.7 Å². The Morgan fingerprint density at radius 2 is 1.48 bits per heavy atom. The minimum Gasteiger partial charge on any atom is -0.351 e. The van der Waals surface area contributed by atoms with Crippen LogP contribution in [0.1, 0.15) is 0 Å². The van der Waals surface area contributed by atoms with Crippen LogP contribution < -0.4 is 0 Å². The van der Waals surface area contributed by atoms with Crippen molar-refractivity contribution < 1.29 is 0 Å². The molecule has 0 fully saturated rings. The van der Waals surface area contributed by atoms with E-state index in [1.165, 1.54) is 0 Å². The van der Waals surface area contributed by atoms with Gasteiger partial charge >= 0.3 is 0 Å². The summed E-state index contributed by atoms with van der Waals surface area (Å²) in [7, 11) is 0. The molecule has 4 nitrogen and oxygen atoms in total. The zero-order chi connectivity index (χ0) is 17.9. The van der Waals surface area contributed by atoms with Crippen LogP contribution in [0.15, 0.2) is 99.4 Å². The molecule has 0 unspecified atom stereocenters. The van der Waals surface area contributed by atoms with Crippen LogP contribution in [0.5, 0.6) is 0 Å². The summed E-state index contributed by atoms with van der Waals surface area (Å²) < 4.78 is 5.25. The van der Waals surface area contributed by atoms with Crippen LogP contribution >= 0.6 is 47.8 Å². The van der Waals surface area contributed by atoms with Crippen LogP contribution in [-0.2, 0) is 0 Å². The normalized spacial score (nSPS) is 9.40. The molecule has 0 radical (unpaired) electrons. The van der Waals surface area contributed by atoms with Crippen molar-refractivity contribution in [3.8, 4) is 5.69 Å². The molecular weight excluding hydrogens is 512 g/mol. The number of aromatic nitrogens is 4. The number of nitrogens with zero attached hydrogens (tertiary/aromatic N) is 3. The van der Waals surface area contributed by atoms with Crippen LogP contribution in [-0.4, -0.2) is 19.5 Å². The average Bonchev–Trinajstić information content (AvgIpc) is 3.32. The van der Waals surface area contributed by atoms with Crippen molar-refractivity contribution in [2.24, 2.45) is 0 Å². The van der Waals surface area contributed by atoms with Crippen molar-refractivity contribution in [1.29, 1.82) is 0 Å². The Morgan fingerprint density at radius 3 is 1.88 bits per heavy atom. The number of nitrogens with one attached hydrogen (secondary N) is 1. The molecule has 0 spiro atoms. The number of imidazole rings is 2. The highest BCUT2D eigenvalue weighted by Gasteiger charge is 1.94. The lowest BCUT2D eigenvalue weighted by molar-refractivity contribution is 1.06. The van der Waals surface area contributed by atoms with Gasteiger partial charge in [-0.1, -0.05) is 59.9 Å². The first-order valence-electron chi connectivity index (χ1n) is 7.23. The molecule has 0 aliphatic carbocycles. The fourth-order valence-corrected chi connectivity index (χ4v) is 3.22. The molecule has 0 aliphatic rings. The number of aromatic amines is 1. The first-order valence-corrected chi connectivity index (χ1v) is 9.61. The van der Waals surface area contributed by atoms with Gasteiger partial charge in [-0.25, -0.2) is 9.97 Å². The average molecular weight is 527 g/mol.